The third kappa shape index (κ3) is 4.83. The van der Waals surface area contributed by atoms with Crippen LogP contribution >= 0.6 is 11.6 Å². The summed E-state index contributed by atoms with van der Waals surface area (Å²) in [6, 6.07) is 7.78. The molecule has 5 nitrogen and oxygen atoms in total. The summed E-state index contributed by atoms with van der Waals surface area (Å²) in [6.07, 6.45) is 2.04. The number of halogens is 1. The van der Waals surface area contributed by atoms with E-state index in [4.69, 9.17) is 16.3 Å². The lowest BCUT2D eigenvalue weighted by Crippen LogP contribution is -2.54. The van der Waals surface area contributed by atoms with Crippen molar-refractivity contribution in [3.63, 3.8) is 0 Å². The topological polar surface area (TPSA) is 53.6 Å². The Morgan fingerprint density at radius 2 is 1.96 bits per heavy atom. The van der Waals surface area contributed by atoms with Gasteiger partial charge in [0.15, 0.2) is 0 Å². The molecule has 0 atom stereocenters. The quantitative estimate of drug-likeness (QED) is 0.826. The summed E-state index contributed by atoms with van der Waals surface area (Å²) in [5.41, 5.74) is 0. The van der Waals surface area contributed by atoms with Crippen LogP contribution < -0.4 is 15.4 Å². The Labute approximate surface area is 142 Å². The molecule has 0 aromatic heterocycles. The summed E-state index contributed by atoms with van der Waals surface area (Å²) in [5, 5.41) is 7.04. The average Bonchev–Trinajstić information content (AvgIpc) is 2.49. The molecule has 0 unspecified atom stereocenters. The Morgan fingerprint density at radius 1 is 1.26 bits per heavy atom. The predicted octanol–water partition coefficient (Wildman–Crippen LogP) is 1.52. The van der Waals surface area contributed by atoms with E-state index in [0.29, 0.717) is 12.6 Å². The number of rotatable bonds is 6. The first-order chi connectivity index (χ1) is 11.2. The van der Waals surface area contributed by atoms with E-state index in [9.17, 15) is 4.79 Å². The number of nitrogens with one attached hydrogen (secondary N) is 2. The van der Waals surface area contributed by atoms with E-state index in [1.165, 1.54) is 0 Å². The highest BCUT2D eigenvalue weighted by atomic mass is 35.5. The van der Waals surface area contributed by atoms with Gasteiger partial charge in [0.1, 0.15) is 12.4 Å². The van der Waals surface area contributed by atoms with E-state index >= 15 is 0 Å². The van der Waals surface area contributed by atoms with Crippen molar-refractivity contribution in [1.82, 2.24) is 15.5 Å². The van der Waals surface area contributed by atoms with Gasteiger partial charge < -0.3 is 15.4 Å². The van der Waals surface area contributed by atoms with E-state index in [0.717, 1.165) is 56.3 Å². The van der Waals surface area contributed by atoms with Crippen LogP contribution in [0.5, 0.6) is 5.75 Å². The molecule has 0 radical (unpaired) electrons. The molecule has 2 aliphatic rings. The minimum absolute atomic E-state index is 0.181. The number of likely N-dealkylation sites (tertiary alicyclic amines) is 1. The zero-order valence-corrected chi connectivity index (χ0v) is 14.0. The summed E-state index contributed by atoms with van der Waals surface area (Å²) in [6.45, 7) is 5.26. The van der Waals surface area contributed by atoms with Crippen molar-refractivity contribution >= 4 is 17.5 Å². The zero-order chi connectivity index (χ0) is 16.1. The molecule has 23 heavy (non-hydrogen) atoms. The summed E-state index contributed by atoms with van der Waals surface area (Å²) >= 11 is 5.85. The largest absolute Gasteiger partial charge is 0.492 e. The van der Waals surface area contributed by atoms with Gasteiger partial charge >= 0.3 is 0 Å². The number of carbonyl (C=O) groups excluding carboxylic acids is 1. The standard InChI is InChI=1S/C17H24ClN3O2/c18-14-1-3-16(4-2-14)23-10-9-21-7-5-15(6-8-21)20-17(22)13-11-19-12-13/h1-4,13,15,19H,5-12H2,(H,20,22). The number of benzene rings is 1. The Hall–Kier alpha value is -1.30. The van der Waals surface area contributed by atoms with Gasteiger partial charge in [-0.25, -0.2) is 0 Å². The second kappa shape index (κ2) is 7.99. The predicted molar refractivity (Wildman–Crippen MR) is 90.9 cm³/mol. The van der Waals surface area contributed by atoms with E-state index < -0.39 is 0 Å². The van der Waals surface area contributed by atoms with E-state index in [2.05, 4.69) is 15.5 Å². The highest BCUT2D eigenvalue weighted by Crippen LogP contribution is 2.16. The molecule has 1 amide bonds. The molecule has 2 N–H and O–H groups in total. The summed E-state index contributed by atoms with van der Waals surface area (Å²) in [5.74, 6) is 1.25. The number of amides is 1. The SMILES string of the molecule is O=C(NC1CCN(CCOc2ccc(Cl)cc2)CC1)C1CNC1. The maximum absolute atomic E-state index is 11.9. The van der Waals surface area contributed by atoms with Crippen molar-refractivity contribution < 1.29 is 9.53 Å². The normalized spacial score (nSPS) is 20.0. The number of hydrogen-bond donors (Lipinski definition) is 2. The van der Waals surface area contributed by atoms with Crippen molar-refractivity contribution in [3.05, 3.63) is 29.3 Å². The molecule has 0 aliphatic carbocycles. The average molecular weight is 338 g/mol. The molecule has 2 saturated heterocycles. The molecule has 0 bridgehead atoms. The molecule has 126 valence electrons. The van der Waals surface area contributed by atoms with E-state index in [1.54, 1.807) is 0 Å². The molecule has 1 aromatic carbocycles. The van der Waals surface area contributed by atoms with Crippen LogP contribution in [0.25, 0.3) is 0 Å². The van der Waals surface area contributed by atoms with Crippen LogP contribution in [0.15, 0.2) is 24.3 Å². The number of nitrogens with zero attached hydrogens (tertiary/aromatic N) is 1. The molecule has 0 spiro atoms. The molecule has 0 saturated carbocycles. The minimum Gasteiger partial charge on any atom is -0.492 e. The summed E-state index contributed by atoms with van der Waals surface area (Å²) in [7, 11) is 0. The number of ether oxygens (including phenoxy) is 1. The molecule has 2 heterocycles. The van der Waals surface area contributed by atoms with Crippen LogP contribution in [0.4, 0.5) is 0 Å². The fourth-order valence-corrected chi connectivity index (χ4v) is 3.04. The van der Waals surface area contributed by atoms with Gasteiger partial charge in [-0.1, -0.05) is 11.6 Å². The van der Waals surface area contributed by atoms with Crippen LogP contribution in [-0.4, -0.2) is 56.2 Å². The maximum Gasteiger partial charge on any atom is 0.225 e. The highest BCUT2D eigenvalue weighted by Gasteiger charge is 2.28. The molecule has 1 aromatic rings. The monoisotopic (exact) mass is 337 g/mol. The van der Waals surface area contributed by atoms with Gasteiger partial charge in [-0.2, -0.15) is 0 Å². The van der Waals surface area contributed by atoms with Crippen molar-refractivity contribution in [1.29, 1.82) is 0 Å². The Balaban J connectivity index is 1.31. The zero-order valence-electron chi connectivity index (χ0n) is 13.3. The van der Waals surface area contributed by atoms with Crippen molar-refractivity contribution in [2.75, 3.05) is 39.3 Å². The number of carbonyl (C=O) groups is 1. The van der Waals surface area contributed by atoms with E-state index in [-0.39, 0.29) is 11.8 Å². The van der Waals surface area contributed by atoms with Crippen LogP contribution in [0.3, 0.4) is 0 Å². The lowest BCUT2D eigenvalue weighted by Gasteiger charge is -2.34. The smallest absolute Gasteiger partial charge is 0.225 e. The summed E-state index contributed by atoms with van der Waals surface area (Å²) in [4.78, 5) is 14.3. The molecular formula is C17H24ClN3O2. The number of hydrogen-bond acceptors (Lipinski definition) is 4. The lowest BCUT2D eigenvalue weighted by atomic mass is 10.00. The second-order valence-corrected chi connectivity index (χ2v) is 6.72. The molecule has 2 aliphatic heterocycles. The van der Waals surface area contributed by atoms with Crippen molar-refractivity contribution in [2.45, 2.75) is 18.9 Å². The van der Waals surface area contributed by atoms with Crippen LogP contribution in [0.2, 0.25) is 5.02 Å². The third-order valence-electron chi connectivity index (χ3n) is 4.58. The molecule has 3 rings (SSSR count). The molecule has 6 heteroatoms. The first kappa shape index (κ1) is 16.6. The fourth-order valence-electron chi connectivity index (χ4n) is 2.92. The second-order valence-electron chi connectivity index (χ2n) is 6.28. The van der Waals surface area contributed by atoms with Crippen LogP contribution in [-0.2, 0) is 4.79 Å². The first-order valence-corrected chi connectivity index (χ1v) is 8.70. The van der Waals surface area contributed by atoms with Gasteiger partial charge in [0, 0.05) is 43.8 Å². The Kier molecular flexibility index (Phi) is 5.75. The molecule has 2 fully saturated rings. The van der Waals surface area contributed by atoms with Crippen molar-refractivity contribution in [3.8, 4) is 5.75 Å². The van der Waals surface area contributed by atoms with Gasteiger partial charge in [-0.3, -0.25) is 9.69 Å². The van der Waals surface area contributed by atoms with Crippen molar-refractivity contribution in [2.24, 2.45) is 5.92 Å². The lowest BCUT2D eigenvalue weighted by molar-refractivity contribution is -0.127. The third-order valence-corrected chi connectivity index (χ3v) is 4.83. The van der Waals surface area contributed by atoms with Gasteiger partial charge in [0.25, 0.3) is 0 Å². The van der Waals surface area contributed by atoms with Gasteiger partial charge in [0.05, 0.1) is 5.92 Å². The Bertz CT molecular complexity index is 511. The summed E-state index contributed by atoms with van der Waals surface area (Å²) < 4.78 is 5.73. The van der Waals surface area contributed by atoms with Gasteiger partial charge in [0.2, 0.25) is 5.91 Å². The fraction of sp³-hybridized carbons (Fsp3) is 0.588. The number of piperidine rings is 1. The van der Waals surface area contributed by atoms with Gasteiger partial charge in [-0.05, 0) is 37.1 Å². The Morgan fingerprint density at radius 3 is 2.57 bits per heavy atom. The molecular weight excluding hydrogens is 314 g/mol. The highest BCUT2D eigenvalue weighted by molar-refractivity contribution is 6.30. The first-order valence-electron chi connectivity index (χ1n) is 8.32. The van der Waals surface area contributed by atoms with E-state index in [1.807, 2.05) is 24.3 Å². The maximum atomic E-state index is 11.9. The van der Waals surface area contributed by atoms with Gasteiger partial charge in [-0.15, -0.1) is 0 Å². The van der Waals surface area contributed by atoms with Crippen LogP contribution in [0, 0.1) is 5.92 Å². The minimum atomic E-state index is 0.181. The van der Waals surface area contributed by atoms with Crippen LogP contribution in [0.1, 0.15) is 12.8 Å².